The first-order valence-corrected chi connectivity index (χ1v) is 9.57. The van der Waals surface area contributed by atoms with Crippen molar-refractivity contribution in [2.24, 2.45) is 5.92 Å². The van der Waals surface area contributed by atoms with Crippen LogP contribution in [0.5, 0.6) is 0 Å². The fourth-order valence-electron chi connectivity index (χ4n) is 2.45. The zero-order chi connectivity index (χ0) is 15.2. The number of nitrogens with zero attached hydrogens (tertiary/aromatic N) is 1. The molecule has 0 aromatic rings. The van der Waals surface area contributed by atoms with Crippen LogP contribution < -0.4 is 5.32 Å². The van der Waals surface area contributed by atoms with Gasteiger partial charge in [-0.3, -0.25) is 0 Å². The fourth-order valence-corrected chi connectivity index (χ4v) is 3.56. The van der Waals surface area contributed by atoms with Crippen LogP contribution in [0.3, 0.4) is 0 Å². The van der Waals surface area contributed by atoms with Crippen LogP contribution in [-0.4, -0.2) is 56.5 Å². The minimum absolute atomic E-state index is 0.287. The summed E-state index contributed by atoms with van der Waals surface area (Å²) in [5.41, 5.74) is 0. The molecule has 1 aliphatic rings. The normalized spacial score (nSPS) is 19.4. The average Bonchev–Trinajstić information content (AvgIpc) is 2.37. The Bertz CT molecular complexity index is 366. The molecule has 0 spiro atoms. The highest BCUT2D eigenvalue weighted by atomic mass is 32.2. The molecule has 0 aromatic heterocycles. The Morgan fingerprint density at radius 3 is 2.30 bits per heavy atom. The van der Waals surface area contributed by atoms with Crippen LogP contribution in [-0.2, 0) is 9.84 Å². The van der Waals surface area contributed by atoms with E-state index in [9.17, 15) is 8.42 Å². The first-order chi connectivity index (χ1) is 9.26. The van der Waals surface area contributed by atoms with E-state index in [-0.39, 0.29) is 5.75 Å². The Balaban J connectivity index is 2.26. The molecule has 5 heteroatoms. The third-order valence-corrected chi connectivity index (χ3v) is 6.76. The number of nitrogens with one attached hydrogen (secondary N) is 1. The zero-order valence-electron chi connectivity index (χ0n) is 13.6. The topological polar surface area (TPSA) is 49.4 Å². The summed E-state index contributed by atoms with van der Waals surface area (Å²) >= 11 is 0. The second-order valence-electron chi connectivity index (χ2n) is 6.92. The Kier molecular flexibility index (Phi) is 6.95. The summed E-state index contributed by atoms with van der Waals surface area (Å²) in [6.45, 7) is 12.5. The lowest BCUT2D eigenvalue weighted by Gasteiger charge is -2.32. The molecule has 0 atom stereocenters. The maximum atomic E-state index is 12.1. The quantitative estimate of drug-likeness (QED) is 0.730. The number of piperidine rings is 1. The summed E-state index contributed by atoms with van der Waals surface area (Å²) in [5.74, 6) is 1.05. The highest BCUT2D eigenvalue weighted by Gasteiger charge is 2.29. The van der Waals surface area contributed by atoms with Gasteiger partial charge in [0.25, 0.3) is 0 Å². The summed E-state index contributed by atoms with van der Waals surface area (Å²) < 4.78 is 23.6. The van der Waals surface area contributed by atoms with Gasteiger partial charge in [-0.2, -0.15) is 0 Å². The molecule has 1 aliphatic heterocycles. The Morgan fingerprint density at radius 1 is 1.20 bits per heavy atom. The van der Waals surface area contributed by atoms with Crippen molar-refractivity contribution in [1.29, 1.82) is 0 Å². The largest absolute Gasteiger partial charge is 0.316 e. The van der Waals surface area contributed by atoms with Crippen LogP contribution in [0, 0.1) is 5.92 Å². The summed E-state index contributed by atoms with van der Waals surface area (Å²) in [5, 5.41) is 3.48. The Morgan fingerprint density at radius 2 is 1.80 bits per heavy atom. The van der Waals surface area contributed by atoms with E-state index in [2.05, 4.69) is 17.1 Å². The van der Waals surface area contributed by atoms with E-state index in [0.717, 1.165) is 32.1 Å². The summed E-state index contributed by atoms with van der Waals surface area (Å²) in [4.78, 5) is 2.31. The van der Waals surface area contributed by atoms with E-state index in [1.54, 1.807) is 20.8 Å². The van der Waals surface area contributed by atoms with Gasteiger partial charge in [0.2, 0.25) is 0 Å². The third-order valence-electron chi connectivity index (χ3n) is 4.18. The predicted octanol–water partition coefficient (Wildman–Crippen LogP) is 1.91. The van der Waals surface area contributed by atoms with E-state index in [1.165, 1.54) is 19.3 Å². The molecule has 1 rings (SSSR count). The molecule has 1 fully saturated rings. The van der Waals surface area contributed by atoms with Gasteiger partial charge in [-0.1, -0.05) is 6.92 Å². The minimum atomic E-state index is -2.98. The number of likely N-dealkylation sites (tertiary alicyclic amines) is 1. The van der Waals surface area contributed by atoms with Crippen molar-refractivity contribution in [2.75, 3.05) is 38.5 Å². The number of rotatable bonds is 7. The molecule has 0 aliphatic carbocycles. The third kappa shape index (κ3) is 5.70. The van der Waals surface area contributed by atoms with Crippen molar-refractivity contribution in [3.05, 3.63) is 0 Å². The smallest absolute Gasteiger partial charge is 0.156 e. The molecule has 1 saturated heterocycles. The van der Waals surface area contributed by atoms with Gasteiger partial charge in [-0.05, 0) is 72.1 Å². The zero-order valence-corrected chi connectivity index (χ0v) is 14.4. The molecule has 0 unspecified atom stereocenters. The van der Waals surface area contributed by atoms with Gasteiger partial charge in [0.15, 0.2) is 9.84 Å². The SMILES string of the molecule is CCCNCC1CCN(CCS(=O)(=O)C(C)(C)C)CC1. The molecule has 1 N–H and O–H groups in total. The molecule has 4 nitrogen and oxygen atoms in total. The molecular weight excluding hydrogens is 272 g/mol. The summed E-state index contributed by atoms with van der Waals surface area (Å²) in [7, 11) is -2.98. The molecule has 0 aromatic carbocycles. The number of sulfone groups is 1. The molecule has 0 bridgehead atoms. The first-order valence-electron chi connectivity index (χ1n) is 7.91. The molecule has 0 saturated carbocycles. The van der Waals surface area contributed by atoms with Crippen molar-refractivity contribution in [3.8, 4) is 0 Å². The lowest BCUT2D eigenvalue weighted by Crippen LogP contribution is -2.41. The maximum Gasteiger partial charge on any atom is 0.156 e. The Labute approximate surface area is 125 Å². The lowest BCUT2D eigenvalue weighted by molar-refractivity contribution is 0.191. The van der Waals surface area contributed by atoms with Gasteiger partial charge in [0.05, 0.1) is 10.5 Å². The average molecular weight is 305 g/mol. The van der Waals surface area contributed by atoms with Crippen molar-refractivity contribution in [1.82, 2.24) is 10.2 Å². The van der Waals surface area contributed by atoms with Crippen LogP contribution in [0.25, 0.3) is 0 Å². The highest BCUT2D eigenvalue weighted by Crippen LogP contribution is 2.19. The standard InChI is InChI=1S/C15H32N2O2S/c1-5-8-16-13-14-6-9-17(10-7-14)11-12-20(18,19)15(2,3)4/h14,16H,5-13H2,1-4H3. The van der Waals surface area contributed by atoms with E-state index >= 15 is 0 Å². The van der Waals surface area contributed by atoms with Crippen LogP contribution in [0.2, 0.25) is 0 Å². The van der Waals surface area contributed by atoms with Crippen LogP contribution in [0.4, 0.5) is 0 Å². The second-order valence-corrected chi connectivity index (χ2v) is 9.78. The maximum absolute atomic E-state index is 12.1. The van der Waals surface area contributed by atoms with Gasteiger partial charge < -0.3 is 10.2 Å². The molecule has 20 heavy (non-hydrogen) atoms. The monoisotopic (exact) mass is 304 g/mol. The van der Waals surface area contributed by atoms with Crippen molar-refractivity contribution in [2.45, 2.75) is 51.7 Å². The highest BCUT2D eigenvalue weighted by molar-refractivity contribution is 7.92. The van der Waals surface area contributed by atoms with Crippen molar-refractivity contribution in [3.63, 3.8) is 0 Å². The first kappa shape index (κ1) is 17.9. The molecule has 1 heterocycles. The molecule has 120 valence electrons. The van der Waals surface area contributed by atoms with Gasteiger partial charge in [0, 0.05) is 6.54 Å². The predicted molar refractivity (Wildman–Crippen MR) is 85.9 cm³/mol. The molecular formula is C15H32N2O2S. The van der Waals surface area contributed by atoms with Crippen LogP contribution in [0.1, 0.15) is 47.0 Å². The van der Waals surface area contributed by atoms with Crippen molar-refractivity contribution >= 4 is 9.84 Å². The van der Waals surface area contributed by atoms with Gasteiger partial charge in [0.1, 0.15) is 0 Å². The van der Waals surface area contributed by atoms with E-state index in [4.69, 9.17) is 0 Å². The molecule has 0 amide bonds. The summed E-state index contributed by atoms with van der Waals surface area (Å²) in [6.07, 6.45) is 3.56. The van der Waals surface area contributed by atoms with Gasteiger partial charge in [-0.25, -0.2) is 8.42 Å². The number of hydrogen-bond acceptors (Lipinski definition) is 4. The van der Waals surface area contributed by atoms with Crippen molar-refractivity contribution < 1.29 is 8.42 Å². The lowest BCUT2D eigenvalue weighted by atomic mass is 9.97. The molecule has 0 radical (unpaired) electrons. The van der Waals surface area contributed by atoms with Crippen LogP contribution >= 0.6 is 0 Å². The van der Waals surface area contributed by atoms with Gasteiger partial charge >= 0.3 is 0 Å². The van der Waals surface area contributed by atoms with E-state index in [1.807, 2.05) is 0 Å². The van der Waals surface area contributed by atoms with Gasteiger partial charge in [-0.15, -0.1) is 0 Å². The second kappa shape index (κ2) is 7.76. The van der Waals surface area contributed by atoms with E-state index in [0.29, 0.717) is 6.54 Å². The summed E-state index contributed by atoms with van der Waals surface area (Å²) in [6, 6.07) is 0. The minimum Gasteiger partial charge on any atom is -0.316 e. The number of hydrogen-bond donors (Lipinski definition) is 1. The Hall–Kier alpha value is -0.130. The van der Waals surface area contributed by atoms with Crippen LogP contribution in [0.15, 0.2) is 0 Å². The van der Waals surface area contributed by atoms with E-state index < -0.39 is 14.6 Å². The fraction of sp³-hybridized carbons (Fsp3) is 1.00.